The Morgan fingerprint density at radius 3 is 2.76 bits per heavy atom. The Balaban J connectivity index is 2.04. The number of aromatic amines is 1. The van der Waals surface area contributed by atoms with E-state index in [2.05, 4.69) is 15.3 Å². The summed E-state index contributed by atoms with van der Waals surface area (Å²) in [5.74, 6) is -0.451. The van der Waals surface area contributed by atoms with Gasteiger partial charge in [0, 0.05) is 20.1 Å². The summed E-state index contributed by atoms with van der Waals surface area (Å²) >= 11 is 0. The van der Waals surface area contributed by atoms with Crippen LogP contribution in [0.15, 0.2) is 6.20 Å². The summed E-state index contributed by atoms with van der Waals surface area (Å²) < 4.78 is 5.03. The number of carbonyl (C=O) groups is 2. The molecule has 1 saturated carbocycles. The minimum atomic E-state index is -1.05. The number of imidazole rings is 1. The van der Waals surface area contributed by atoms with Crippen molar-refractivity contribution in [3.63, 3.8) is 0 Å². The first-order valence-corrected chi connectivity index (χ1v) is 7.05. The Hall–Kier alpha value is -1.89. The Morgan fingerprint density at radius 1 is 1.57 bits per heavy atom. The topological polar surface area (TPSA) is 104 Å². The molecule has 3 N–H and O–H groups in total. The van der Waals surface area contributed by atoms with Crippen molar-refractivity contribution in [2.75, 3.05) is 13.7 Å². The summed E-state index contributed by atoms with van der Waals surface area (Å²) in [5, 5.41) is 11.9. The highest BCUT2D eigenvalue weighted by Crippen LogP contribution is 2.39. The van der Waals surface area contributed by atoms with Gasteiger partial charge in [-0.25, -0.2) is 9.78 Å². The van der Waals surface area contributed by atoms with Crippen molar-refractivity contribution in [3.8, 4) is 0 Å². The first-order chi connectivity index (χ1) is 9.97. The Kier molecular flexibility index (Phi) is 4.62. The lowest BCUT2D eigenvalue weighted by molar-refractivity contribution is -0.125. The lowest BCUT2D eigenvalue weighted by Crippen LogP contribution is -2.51. The number of carboxylic acids is 1. The van der Waals surface area contributed by atoms with Crippen LogP contribution in [0, 0.1) is 5.92 Å². The van der Waals surface area contributed by atoms with Gasteiger partial charge in [0.05, 0.1) is 11.7 Å². The molecule has 0 radical (unpaired) electrons. The predicted molar refractivity (Wildman–Crippen MR) is 74.9 cm³/mol. The fraction of sp³-hybridized carbons (Fsp3) is 0.643. The van der Waals surface area contributed by atoms with Crippen molar-refractivity contribution in [1.82, 2.24) is 15.3 Å². The van der Waals surface area contributed by atoms with E-state index in [1.807, 2.05) is 6.92 Å². The molecule has 0 aliphatic heterocycles. The van der Waals surface area contributed by atoms with Crippen LogP contribution in [0.5, 0.6) is 0 Å². The number of carboxylic acid groups (broad SMARTS) is 1. The molecule has 0 aromatic carbocycles. The molecule has 1 atom stereocenters. The third kappa shape index (κ3) is 3.41. The number of rotatable bonds is 7. The van der Waals surface area contributed by atoms with E-state index in [9.17, 15) is 9.59 Å². The van der Waals surface area contributed by atoms with Crippen molar-refractivity contribution in [2.24, 2.45) is 5.92 Å². The van der Waals surface area contributed by atoms with E-state index in [1.54, 1.807) is 7.11 Å². The third-order valence-electron chi connectivity index (χ3n) is 3.83. The maximum absolute atomic E-state index is 12.1. The van der Waals surface area contributed by atoms with Gasteiger partial charge in [-0.05, 0) is 25.2 Å². The largest absolute Gasteiger partial charge is 0.477 e. The molecule has 116 valence electrons. The van der Waals surface area contributed by atoms with Gasteiger partial charge in [-0.2, -0.15) is 0 Å². The van der Waals surface area contributed by atoms with Crippen LogP contribution in [0.1, 0.15) is 48.9 Å². The van der Waals surface area contributed by atoms with Gasteiger partial charge in [0.15, 0.2) is 0 Å². The van der Waals surface area contributed by atoms with Crippen LogP contribution in [0.25, 0.3) is 0 Å². The molecule has 1 aromatic heterocycles. The van der Waals surface area contributed by atoms with Crippen LogP contribution in [0.2, 0.25) is 0 Å². The van der Waals surface area contributed by atoms with Crippen molar-refractivity contribution < 1.29 is 19.4 Å². The number of H-pyrrole nitrogens is 1. The molecule has 1 aromatic rings. The zero-order chi connectivity index (χ0) is 15.5. The average molecular weight is 295 g/mol. The molecule has 7 heteroatoms. The smallest absolute Gasteiger partial charge is 0.353 e. The molecule has 1 aliphatic rings. The standard InChI is InChI=1S/C14H21N3O4/c1-9(8-21-2)6-11(18)17-14(4-3-5-14)13-15-7-10(16-13)12(19)20/h7,9H,3-6,8H2,1-2H3,(H,15,16)(H,17,18)(H,19,20). The highest BCUT2D eigenvalue weighted by Gasteiger charge is 2.42. The van der Waals surface area contributed by atoms with Gasteiger partial charge in [0.25, 0.3) is 0 Å². The van der Waals surface area contributed by atoms with Crippen molar-refractivity contribution in [3.05, 3.63) is 17.7 Å². The third-order valence-corrected chi connectivity index (χ3v) is 3.83. The quantitative estimate of drug-likeness (QED) is 0.703. The zero-order valence-electron chi connectivity index (χ0n) is 12.3. The molecule has 0 spiro atoms. The number of nitrogens with zero attached hydrogens (tertiary/aromatic N) is 1. The normalized spacial score (nSPS) is 17.8. The Labute approximate surface area is 123 Å². The summed E-state index contributed by atoms with van der Waals surface area (Å²) in [7, 11) is 1.61. The van der Waals surface area contributed by atoms with Gasteiger partial charge in [0.2, 0.25) is 5.91 Å². The summed E-state index contributed by atoms with van der Waals surface area (Å²) in [4.78, 5) is 30.0. The van der Waals surface area contributed by atoms with E-state index in [4.69, 9.17) is 9.84 Å². The highest BCUT2D eigenvalue weighted by atomic mass is 16.5. The fourth-order valence-corrected chi connectivity index (χ4v) is 2.60. The van der Waals surface area contributed by atoms with Gasteiger partial charge in [-0.15, -0.1) is 0 Å². The number of aromatic nitrogens is 2. The summed E-state index contributed by atoms with van der Waals surface area (Å²) in [6.07, 6.45) is 4.18. The molecular weight excluding hydrogens is 274 g/mol. The van der Waals surface area contributed by atoms with Crippen LogP contribution in [-0.2, 0) is 15.1 Å². The minimum Gasteiger partial charge on any atom is -0.477 e. The zero-order valence-corrected chi connectivity index (χ0v) is 12.3. The van der Waals surface area contributed by atoms with E-state index in [0.717, 1.165) is 19.3 Å². The van der Waals surface area contributed by atoms with Crippen molar-refractivity contribution in [2.45, 2.75) is 38.1 Å². The number of hydrogen-bond acceptors (Lipinski definition) is 4. The molecular formula is C14H21N3O4. The van der Waals surface area contributed by atoms with Gasteiger partial charge in [-0.3, -0.25) is 4.79 Å². The average Bonchev–Trinajstić information content (AvgIpc) is 2.83. The van der Waals surface area contributed by atoms with Crippen LogP contribution in [0.3, 0.4) is 0 Å². The molecule has 1 amide bonds. The van der Waals surface area contributed by atoms with Crippen LogP contribution >= 0.6 is 0 Å². The summed E-state index contributed by atoms with van der Waals surface area (Å²) in [6, 6.07) is 0. The van der Waals surface area contributed by atoms with Crippen molar-refractivity contribution in [1.29, 1.82) is 0 Å². The highest BCUT2D eigenvalue weighted by molar-refractivity contribution is 5.85. The molecule has 0 bridgehead atoms. The second kappa shape index (κ2) is 6.26. The number of hydrogen-bond donors (Lipinski definition) is 3. The molecule has 1 heterocycles. The minimum absolute atomic E-state index is 0.0401. The summed E-state index contributed by atoms with van der Waals surface area (Å²) in [6.45, 7) is 2.48. The molecule has 1 unspecified atom stereocenters. The van der Waals surface area contributed by atoms with Crippen LogP contribution in [0.4, 0.5) is 0 Å². The van der Waals surface area contributed by atoms with Crippen molar-refractivity contribution >= 4 is 11.9 Å². The Bertz CT molecular complexity index is 522. The SMILES string of the molecule is COCC(C)CC(=O)NC1(c2ncc(C(=O)O)[nH]2)CCC1. The number of nitrogens with one attached hydrogen (secondary N) is 2. The maximum Gasteiger partial charge on any atom is 0.353 e. The monoisotopic (exact) mass is 295 g/mol. The number of carbonyl (C=O) groups excluding carboxylic acids is 1. The second-order valence-electron chi connectivity index (χ2n) is 5.70. The van der Waals surface area contributed by atoms with Gasteiger partial charge in [0.1, 0.15) is 11.5 Å². The van der Waals surface area contributed by atoms with E-state index in [0.29, 0.717) is 18.9 Å². The number of aromatic carboxylic acids is 1. The molecule has 2 rings (SSSR count). The van der Waals surface area contributed by atoms with E-state index < -0.39 is 11.5 Å². The number of ether oxygens (including phenoxy) is 1. The molecule has 21 heavy (non-hydrogen) atoms. The van der Waals surface area contributed by atoms with E-state index >= 15 is 0 Å². The Morgan fingerprint density at radius 2 is 2.29 bits per heavy atom. The molecule has 1 aliphatic carbocycles. The lowest BCUT2D eigenvalue weighted by atomic mass is 9.76. The van der Waals surface area contributed by atoms with Crippen LogP contribution in [-0.4, -0.2) is 40.7 Å². The molecule has 1 fully saturated rings. The van der Waals surface area contributed by atoms with Gasteiger partial charge >= 0.3 is 5.97 Å². The van der Waals surface area contributed by atoms with E-state index in [1.165, 1.54) is 6.20 Å². The number of methoxy groups -OCH3 is 1. The maximum atomic E-state index is 12.1. The van der Waals surface area contributed by atoms with Crippen LogP contribution < -0.4 is 5.32 Å². The van der Waals surface area contributed by atoms with E-state index in [-0.39, 0.29) is 17.5 Å². The first kappa shape index (κ1) is 15.5. The molecule has 0 saturated heterocycles. The predicted octanol–water partition coefficient (Wildman–Crippen LogP) is 1.28. The second-order valence-corrected chi connectivity index (χ2v) is 5.70. The number of amides is 1. The first-order valence-electron chi connectivity index (χ1n) is 7.05. The molecule has 7 nitrogen and oxygen atoms in total. The fourth-order valence-electron chi connectivity index (χ4n) is 2.60. The van der Waals surface area contributed by atoms with Gasteiger partial charge in [-0.1, -0.05) is 6.92 Å². The summed E-state index contributed by atoms with van der Waals surface area (Å²) in [5.41, 5.74) is -0.504. The van der Waals surface area contributed by atoms with Gasteiger partial charge < -0.3 is 20.1 Å². The lowest BCUT2D eigenvalue weighted by Gasteiger charge is -2.41.